The van der Waals surface area contributed by atoms with Crippen LogP contribution in [0.2, 0.25) is 0 Å². The van der Waals surface area contributed by atoms with Crippen molar-refractivity contribution in [2.45, 2.75) is 31.4 Å². The fourth-order valence-electron chi connectivity index (χ4n) is 1.74. The maximum atomic E-state index is 6.03. The molecule has 13 heavy (non-hydrogen) atoms. The lowest BCUT2D eigenvalue weighted by Crippen LogP contribution is -2.30. The number of rotatable bonds is 2. The van der Waals surface area contributed by atoms with Gasteiger partial charge in [-0.3, -0.25) is 4.99 Å². The molecule has 0 radical (unpaired) electrons. The van der Waals surface area contributed by atoms with Crippen molar-refractivity contribution < 1.29 is 0 Å². The molecule has 72 valence electrons. The lowest BCUT2D eigenvalue weighted by atomic mass is 10.3. The van der Waals surface area contributed by atoms with E-state index < -0.39 is 0 Å². The molecule has 0 aromatic heterocycles. The Balaban J connectivity index is 2.03. The van der Waals surface area contributed by atoms with E-state index in [1.807, 2.05) is 6.20 Å². The molecule has 1 saturated carbocycles. The van der Waals surface area contributed by atoms with Crippen LogP contribution in [0.5, 0.6) is 0 Å². The fourth-order valence-corrected chi connectivity index (χ4v) is 2.16. The Kier molecular flexibility index (Phi) is 2.52. The SMILES string of the molecule is CCC1CC1N1C=C(Cl)C=NC1Cl. The predicted octanol–water partition coefficient (Wildman–Crippen LogP) is 2.77. The third-order valence-electron chi connectivity index (χ3n) is 2.63. The highest BCUT2D eigenvalue weighted by molar-refractivity contribution is 6.39. The highest BCUT2D eigenvalue weighted by Crippen LogP contribution is 2.41. The van der Waals surface area contributed by atoms with Crippen LogP contribution in [0.25, 0.3) is 0 Å². The van der Waals surface area contributed by atoms with Crippen molar-refractivity contribution in [1.29, 1.82) is 0 Å². The van der Waals surface area contributed by atoms with Crippen molar-refractivity contribution in [2.24, 2.45) is 10.9 Å². The average Bonchev–Trinajstić information content (AvgIpc) is 2.88. The molecule has 0 bridgehead atoms. The van der Waals surface area contributed by atoms with Crippen molar-refractivity contribution in [1.82, 2.24) is 4.90 Å². The number of alkyl halides is 1. The maximum absolute atomic E-state index is 6.03. The summed E-state index contributed by atoms with van der Waals surface area (Å²) < 4.78 is 0. The van der Waals surface area contributed by atoms with Gasteiger partial charge in [-0.05, 0) is 12.3 Å². The number of hydrogen-bond donors (Lipinski definition) is 0. The number of aliphatic imine (C=N–C) groups is 1. The van der Waals surface area contributed by atoms with E-state index in [-0.39, 0.29) is 5.62 Å². The van der Waals surface area contributed by atoms with Crippen LogP contribution in [0.15, 0.2) is 16.2 Å². The molecule has 0 spiro atoms. The largest absolute Gasteiger partial charge is 0.339 e. The molecule has 0 aromatic carbocycles. The van der Waals surface area contributed by atoms with Gasteiger partial charge < -0.3 is 4.90 Å². The number of halogens is 2. The molecule has 2 rings (SSSR count). The van der Waals surface area contributed by atoms with Gasteiger partial charge in [-0.1, -0.05) is 36.5 Å². The molecule has 4 heteroatoms. The van der Waals surface area contributed by atoms with Crippen LogP contribution in [0, 0.1) is 5.92 Å². The monoisotopic (exact) mass is 218 g/mol. The topological polar surface area (TPSA) is 15.6 Å². The first kappa shape index (κ1) is 9.35. The van der Waals surface area contributed by atoms with Crippen molar-refractivity contribution in [3.05, 3.63) is 11.2 Å². The standard InChI is InChI=1S/C9H12Cl2N2/c1-2-6-3-8(6)13-5-7(10)4-12-9(13)11/h4-6,8-9H,2-3H2,1H3. The van der Waals surface area contributed by atoms with Crippen LogP contribution in [-0.2, 0) is 0 Å². The number of nitrogens with zero attached hydrogens (tertiary/aromatic N) is 2. The van der Waals surface area contributed by atoms with Crippen molar-refractivity contribution in [2.75, 3.05) is 0 Å². The van der Waals surface area contributed by atoms with Gasteiger partial charge in [0.2, 0.25) is 0 Å². The fraction of sp³-hybridized carbons (Fsp3) is 0.667. The quantitative estimate of drug-likeness (QED) is 0.515. The minimum atomic E-state index is -0.260. The first-order valence-electron chi connectivity index (χ1n) is 4.54. The summed E-state index contributed by atoms with van der Waals surface area (Å²) in [5, 5.41) is 0.665. The second kappa shape index (κ2) is 3.50. The van der Waals surface area contributed by atoms with Crippen LogP contribution in [0.1, 0.15) is 19.8 Å². The first-order chi connectivity index (χ1) is 6.22. The van der Waals surface area contributed by atoms with E-state index in [1.54, 1.807) is 6.21 Å². The Hall–Kier alpha value is -0.210. The second-order valence-electron chi connectivity index (χ2n) is 3.52. The molecule has 0 saturated heterocycles. The Morgan fingerprint density at radius 2 is 2.46 bits per heavy atom. The molecule has 1 fully saturated rings. The van der Waals surface area contributed by atoms with Gasteiger partial charge in [0.25, 0.3) is 0 Å². The normalized spacial score (nSPS) is 37.6. The molecule has 0 aromatic rings. The Bertz CT molecular complexity index is 262. The zero-order chi connectivity index (χ0) is 9.42. The second-order valence-corrected chi connectivity index (χ2v) is 4.35. The summed E-state index contributed by atoms with van der Waals surface area (Å²) in [4.78, 5) is 6.14. The zero-order valence-electron chi connectivity index (χ0n) is 7.45. The van der Waals surface area contributed by atoms with Gasteiger partial charge in [-0.2, -0.15) is 0 Å². The summed E-state index contributed by atoms with van der Waals surface area (Å²) >= 11 is 11.9. The third kappa shape index (κ3) is 1.84. The summed E-state index contributed by atoms with van der Waals surface area (Å²) in [5.41, 5.74) is -0.260. The number of allylic oxidation sites excluding steroid dienone is 1. The van der Waals surface area contributed by atoms with Crippen molar-refractivity contribution in [3.8, 4) is 0 Å². The third-order valence-corrected chi connectivity index (χ3v) is 3.17. The molecule has 1 heterocycles. The molecule has 1 aliphatic carbocycles. The van der Waals surface area contributed by atoms with E-state index in [9.17, 15) is 0 Å². The highest BCUT2D eigenvalue weighted by atomic mass is 35.5. The Morgan fingerprint density at radius 3 is 3.08 bits per heavy atom. The van der Waals surface area contributed by atoms with Gasteiger partial charge in [0.05, 0.1) is 5.03 Å². The molecule has 3 unspecified atom stereocenters. The van der Waals surface area contributed by atoms with E-state index in [2.05, 4.69) is 16.8 Å². The van der Waals surface area contributed by atoms with Gasteiger partial charge >= 0.3 is 0 Å². The molecule has 0 amide bonds. The van der Waals surface area contributed by atoms with E-state index in [0.717, 1.165) is 5.92 Å². The van der Waals surface area contributed by atoms with E-state index in [4.69, 9.17) is 23.2 Å². The van der Waals surface area contributed by atoms with Gasteiger partial charge in [-0.15, -0.1) is 0 Å². The van der Waals surface area contributed by atoms with Crippen LogP contribution < -0.4 is 0 Å². The minimum Gasteiger partial charge on any atom is -0.339 e. The molecular weight excluding hydrogens is 207 g/mol. The zero-order valence-corrected chi connectivity index (χ0v) is 8.96. The van der Waals surface area contributed by atoms with E-state index in [1.165, 1.54) is 12.8 Å². The molecule has 1 aliphatic heterocycles. The van der Waals surface area contributed by atoms with Crippen LogP contribution >= 0.6 is 23.2 Å². The van der Waals surface area contributed by atoms with Gasteiger partial charge in [-0.25, -0.2) is 0 Å². The Morgan fingerprint density at radius 1 is 1.69 bits per heavy atom. The maximum Gasteiger partial charge on any atom is 0.197 e. The van der Waals surface area contributed by atoms with Gasteiger partial charge in [0.1, 0.15) is 0 Å². The van der Waals surface area contributed by atoms with Crippen LogP contribution in [-0.4, -0.2) is 22.8 Å². The highest BCUT2D eigenvalue weighted by Gasteiger charge is 2.42. The van der Waals surface area contributed by atoms with E-state index in [0.29, 0.717) is 11.1 Å². The molecular formula is C9H12Cl2N2. The smallest absolute Gasteiger partial charge is 0.197 e. The lowest BCUT2D eigenvalue weighted by Gasteiger charge is -2.26. The number of hydrogen-bond acceptors (Lipinski definition) is 2. The van der Waals surface area contributed by atoms with Gasteiger partial charge in [0.15, 0.2) is 5.62 Å². The van der Waals surface area contributed by atoms with Crippen molar-refractivity contribution >= 4 is 29.4 Å². The molecule has 3 atom stereocenters. The lowest BCUT2D eigenvalue weighted by molar-refractivity contribution is 0.324. The summed E-state index contributed by atoms with van der Waals surface area (Å²) in [6, 6.07) is 0.554. The predicted molar refractivity (Wildman–Crippen MR) is 56.1 cm³/mol. The summed E-state index contributed by atoms with van der Waals surface area (Å²) in [6.45, 7) is 2.20. The van der Waals surface area contributed by atoms with Crippen LogP contribution in [0.3, 0.4) is 0 Å². The Labute approximate surface area is 88.2 Å². The summed E-state index contributed by atoms with van der Waals surface area (Å²) in [5.74, 6) is 0.773. The molecule has 2 aliphatic rings. The summed E-state index contributed by atoms with van der Waals surface area (Å²) in [7, 11) is 0. The average molecular weight is 219 g/mol. The first-order valence-corrected chi connectivity index (χ1v) is 5.36. The minimum absolute atomic E-state index is 0.260. The van der Waals surface area contributed by atoms with E-state index >= 15 is 0 Å². The van der Waals surface area contributed by atoms with Crippen LogP contribution in [0.4, 0.5) is 0 Å². The molecule has 0 N–H and O–H groups in total. The summed E-state index contributed by atoms with van der Waals surface area (Å²) in [6.07, 6.45) is 5.93. The molecule has 2 nitrogen and oxygen atoms in total. The van der Waals surface area contributed by atoms with Gasteiger partial charge in [0, 0.05) is 18.5 Å². The van der Waals surface area contributed by atoms with Crippen molar-refractivity contribution in [3.63, 3.8) is 0 Å².